The molecular weight excluding hydrogens is 232 g/mol. The molecule has 65 valence electrons. The number of tetrazole rings is 1. The number of rotatable bonds is 2. The zero-order chi connectivity index (χ0) is 9.10. The molecule has 0 saturated heterocycles. The van der Waals surface area contributed by atoms with E-state index in [9.17, 15) is 0 Å². The molecule has 0 amide bonds. The van der Waals surface area contributed by atoms with Crippen LogP contribution in [0.2, 0.25) is 0 Å². The average Bonchev–Trinajstić information content (AvgIpc) is 2.62. The largest absolute Gasteiger partial charge is 0.245 e. The summed E-state index contributed by atoms with van der Waals surface area (Å²) in [7, 11) is 0. The average molecular weight is 238 g/mol. The minimum atomic E-state index is 0.629. The maximum absolute atomic E-state index is 3.79. The van der Waals surface area contributed by atoms with Crippen molar-refractivity contribution in [1.29, 1.82) is 0 Å². The fourth-order valence-corrected chi connectivity index (χ4v) is 1.25. The van der Waals surface area contributed by atoms with Crippen molar-refractivity contribution in [2.45, 2.75) is 6.54 Å². The normalized spacial score (nSPS) is 10.2. The molecule has 1 aromatic carbocycles. The summed E-state index contributed by atoms with van der Waals surface area (Å²) in [6.45, 7) is 0.629. The van der Waals surface area contributed by atoms with Crippen LogP contribution in [0.1, 0.15) is 5.56 Å². The molecule has 0 N–H and O–H groups in total. The van der Waals surface area contributed by atoms with Crippen LogP contribution in [0.3, 0.4) is 0 Å². The van der Waals surface area contributed by atoms with E-state index in [0.717, 1.165) is 10.0 Å². The van der Waals surface area contributed by atoms with Gasteiger partial charge in [-0.3, -0.25) is 0 Å². The second kappa shape index (κ2) is 3.66. The van der Waals surface area contributed by atoms with Gasteiger partial charge in [-0.1, -0.05) is 28.1 Å². The Morgan fingerprint density at radius 2 is 2.08 bits per heavy atom. The molecule has 1 heterocycles. The van der Waals surface area contributed by atoms with Gasteiger partial charge in [0.1, 0.15) is 0 Å². The molecule has 0 unspecified atom stereocenters. The quantitative estimate of drug-likeness (QED) is 0.791. The zero-order valence-corrected chi connectivity index (χ0v) is 8.27. The van der Waals surface area contributed by atoms with Gasteiger partial charge in [0.15, 0.2) is 0 Å². The van der Waals surface area contributed by atoms with Crippen LogP contribution in [-0.4, -0.2) is 20.2 Å². The molecule has 5 heteroatoms. The van der Waals surface area contributed by atoms with Crippen LogP contribution < -0.4 is 0 Å². The molecule has 0 atom stereocenters. The van der Waals surface area contributed by atoms with Crippen molar-refractivity contribution in [2.75, 3.05) is 0 Å². The van der Waals surface area contributed by atoms with E-state index in [-0.39, 0.29) is 0 Å². The highest BCUT2D eigenvalue weighted by Gasteiger charge is 1.96. The van der Waals surface area contributed by atoms with E-state index < -0.39 is 0 Å². The maximum atomic E-state index is 3.79. The maximum Gasteiger partial charge on any atom is 0.245 e. The van der Waals surface area contributed by atoms with E-state index in [4.69, 9.17) is 0 Å². The van der Waals surface area contributed by atoms with Crippen LogP contribution >= 0.6 is 15.9 Å². The summed E-state index contributed by atoms with van der Waals surface area (Å²) in [6, 6.07) is 7.98. The second-order valence-corrected chi connectivity index (χ2v) is 3.46. The van der Waals surface area contributed by atoms with E-state index in [2.05, 4.69) is 37.7 Å². The van der Waals surface area contributed by atoms with Crippen LogP contribution in [0.25, 0.3) is 0 Å². The molecule has 1 aromatic heterocycles. The first-order valence-corrected chi connectivity index (χ1v) is 4.52. The summed E-state index contributed by atoms with van der Waals surface area (Å²) in [6.07, 6.45) is 2.40. The molecule has 1 radical (unpaired) electrons. The summed E-state index contributed by atoms with van der Waals surface area (Å²) in [5.74, 6) is 0. The predicted molar refractivity (Wildman–Crippen MR) is 49.9 cm³/mol. The number of halogens is 1. The van der Waals surface area contributed by atoms with E-state index in [1.807, 2.05) is 24.3 Å². The molecular formula is C8H6BrN4. The second-order valence-electron chi connectivity index (χ2n) is 2.55. The van der Waals surface area contributed by atoms with Crippen molar-refractivity contribution in [2.24, 2.45) is 0 Å². The Hall–Kier alpha value is -1.23. The Kier molecular flexibility index (Phi) is 2.35. The van der Waals surface area contributed by atoms with Gasteiger partial charge in [-0.2, -0.15) is 4.80 Å². The molecule has 0 aliphatic carbocycles. The number of hydrogen-bond acceptors (Lipinski definition) is 3. The molecule has 2 aromatic rings. The van der Waals surface area contributed by atoms with Crippen molar-refractivity contribution in [1.82, 2.24) is 20.2 Å². The molecule has 0 bridgehead atoms. The third kappa shape index (κ3) is 2.12. The standard InChI is InChI=1S/C8H6BrN4/c9-8-3-1-7(2-4-8)5-13-11-6-10-12-13/h1-4H,5H2. The highest BCUT2D eigenvalue weighted by Crippen LogP contribution is 2.10. The monoisotopic (exact) mass is 237 g/mol. The number of benzene rings is 1. The minimum absolute atomic E-state index is 0.629. The molecule has 0 aliphatic rings. The lowest BCUT2D eigenvalue weighted by atomic mass is 10.2. The predicted octanol–water partition coefficient (Wildman–Crippen LogP) is 1.28. The summed E-state index contributed by atoms with van der Waals surface area (Å²) >= 11 is 3.37. The van der Waals surface area contributed by atoms with Crippen molar-refractivity contribution in [3.63, 3.8) is 0 Å². The lowest BCUT2D eigenvalue weighted by Gasteiger charge is -1.98. The van der Waals surface area contributed by atoms with Gasteiger partial charge in [0.05, 0.1) is 6.54 Å². The molecule has 2 rings (SSSR count). The Morgan fingerprint density at radius 3 is 2.69 bits per heavy atom. The molecule has 0 spiro atoms. The molecule has 0 fully saturated rings. The Bertz CT molecular complexity index is 368. The summed E-state index contributed by atoms with van der Waals surface area (Å²) in [5.41, 5.74) is 1.13. The molecule has 0 aliphatic heterocycles. The van der Waals surface area contributed by atoms with Crippen molar-refractivity contribution >= 4 is 15.9 Å². The first-order valence-electron chi connectivity index (χ1n) is 3.73. The topological polar surface area (TPSA) is 43.6 Å². The molecule has 4 nitrogen and oxygen atoms in total. The van der Waals surface area contributed by atoms with Gasteiger partial charge >= 0.3 is 0 Å². The summed E-state index contributed by atoms with van der Waals surface area (Å²) < 4.78 is 1.06. The highest BCUT2D eigenvalue weighted by molar-refractivity contribution is 9.10. The van der Waals surface area contributed by atoms with E-state index >= 15 is 0 Å². The van der Waals surface area contributed by atoms with Crippen molar-refractivity contribution < 1.29 is 0 Å². The van der Waals surface area contributed by atoms with Crippen LogP contribution in [0.15, 0.2) is 28.7 Å². The Balaban J connectivity index is 2.15. The van der Waals surface area contributed by atoms with Gasteiger partial charge in [0, 0.05) is 4.47 Å². The van der Waals surface area contributed by atoms with Crippen LogP contribution in [0, 0.1) is 6.33 Å². The first-order chi connectivity index (χ1) is 6.34. The van der Waals surface area contributed by atoms with Gasteiger partial charge in [-0.05, 0) is 22.9 Å². The number of aromatic nitrogens is 4. The smallest absolute Gasteiger partial charge is 0.159 e. The fraction of sp³-hybridized carbons (Fsp3) is 0.125. The van der Waals surface area contributed by atoms with E-state index in [0.29, 0.717) is 6.54 Å². The number of nitrogens with zero attached hydrogens (tertiary/aromatic N) is 4. The van der Waals surface area contributed by atoms with Crippen molar-refractivity contribution in [3.05, 3.63) is 40.6 Å². The first kappa shape index (κ1) is 8.37. The van der Waals surface area contributed by atoms with Crippen LogP contribution in [-0.2, 0) is 6.54 Å². The lowest BCUT2D eigenvalue weighted by molar-refractivity contribution is 0.572. The van der Waals surface area contributed by atoms with Crippen LogP contribution in [0.5, 0.6) is 0 Å². The molecule has 0 saturated carbocycles. The third-order valence-corrected chi connectivity index (χ3v) is 2.12. The van der Waals surface area contributed by atoms with Crippen molar-refractivity contribution in [3.8, 4) is 0 Å². The zero-order valence-electron chi connectivity index (χ0n) is 6.68. The molecule has 13 heavy (non-hydrogen) atoms. The highest BCUT2D eigenvalue weighted by atomic mass is 79.9. The van der Waals surface area contributed by atoms with Gasteiger partial charge in [-0.25, -0.2) is 0 Å². The number of hydrogen-bond donors (Lipinski definition) is 0. The fourth-order valence-electron chi connectivity index (χ4n) is 0.983. The minimum Gasteiger partial charge on any atom is -0.159 e. The van der Waals surface area contributed by atoms with E-state index in [1.54, 1.807) is 0 Å². The summed E-state index contributed by atoms with van der Waals surface area (Å²) in [5, 5.41) is 11.0. The van der Waals surface area contributed by atoms with Gasteiger partial charge in [0.25, 0.3) is 0 Å². The lowest BCUT2D eigenvalue weighted by Crippen LogP contribution is -2.03. The summed E-state index contributed by atoms with van der Waals surface area (Å²) in [4.78, 5) is 1.49. The van der Waals surface area contributed by atoms with Crippen LogP contribution in [0.4, 0.5) is 0 Å². The Labute approximate surface area is 83.7 Å². The van der Waals surface area contributed by atoms with Gasteiger partial charge in [0.2, 0.25) is 6.33 Å². The van der Waals surface area contributed by atoms with Gasteiger partial charge in [-0.15, -0.1) is 10.2 Å². The third-order valence-electron chi connectivity index (χ3n) is 1.59. The Morgan fingerprint density at radius 1 is 1.31 bits per heavy atom. The van der Waals surface area contributed by atoms with Gasteiger partial charge < -0.3 is 0 Å². The SMILES string of the molecule is Brc1ccc(Cn2n[c]nn2)cc1. The van der Waals surface area contributed by atoms with E-state index in [1.165, 1.54) is 4.80 Å².